The molecule has 1 fully saturated rings. The van der Waals surface area contributed by atoms with Gasteiger partial charge >= 0.3 is 0 Å². The van der Waals surface area contributed by atoms with E-state index in [2.05, 4.69) is 9.88 Å². The molecule has 0 unspecified atom stereocenters. The predicted octanol–water partition coefficient (Wildman–Crippen LogP) is 2.24. The number of aryl methyl sites for hydroxylation is 1. The third kappa shape index (κ3) is 3.64. The van der Waals surface area contributed by atoms with E-state index in [9.17, 15) is 17.2 Å². The van der Waals surface area contributed by atoms with Crippen molar-refractivity contribution < 1.29 is 17.2 Å². The van der Waals surface area contributed by atoms with Crippen LogP contribution in [0.1, 0.15) is 10.7 Å². The standard InChI is InChI=1S/C15H17F2N3O2S2/c1-11-18-12(10-23-11)9-19-4-6-20(7-5-19)24(21,22)13-2-3-14(16)15(17)8-13/h2-3,8,10H,4-7,9H2,1H3. The van der Waals surface area contributed by atoms with Gasteiger partial charge in [0.1, 0.15) is 0 Å². The molecule has 0 saturated carbocycles. The first-order valence-electron chi connectivity index (χ1n) is 7.45. The molecule has 1 saturated heterocycles. The Kier molecular flexibility index (Phi) is 4.95. The van der Waals surface area contributed by atoms with Gasteiger partial charge in [-0.1, -0.05) is 0 Å². The van der Waals surface area contributed by atoms with Gasteiger partial charge in [0.15, 0.2) is 11.6 Å². The van der Waals surface area contributed by atoms with Crippen molar-refractivity contribution in [1.29, 1.82) is 0 Å². The molecule has 5 nitrogen and oxygen atoms in total. The zero-order chi connectivity index (χ0) is 17.3. The number of sulfonamides is 1. The molecule has 0 atom stereocenters. The average Bonchev–Trinajstić information content (AvgIpc) is 2.95. The lowest BCUT2D eigenvalue weighted by atomic mass is 10.3. The minimum atomic E-state index is -3.81. The van der Waals surface area contributed by atoms with Gasteiger partial charge in [-0.3, -0.25) is 4.90 Å². The zero-order valence-corrected chi connectivity index (χ0v) is 14.7. The van der Waals surface area contributed by atoms with E-state index >= 15 is 0 Å². The molecule has 130 valence electrons. The maximum Gasteiger partial charge on any atom is 0.243 e. The lowest BCUT2D eigenvalue weighted by Gasteiger charge is -2.33. The molecule has 1 aliphatic heterocycles. The third-order valence-electron chi connectivity index (χ3n) is 3.91. The fraction of sp³-hybridized carbons (Fsp3) is 0.400. The lowest BCUT2D eigenvalue weighted by Crippen LogP contribution is -2.48. The van der Waals surface area contributed by atoms with Crippen LogP contribution in [0, 0.1) is 18.6 Å². The van der Waals surface area contributed by atoms with Gasteiger partial charge in [-0.2, -0.15) is 4.31 Å². The van der Waals surface area contributed by atoms with Crippen LogP contribution in [0.4, 0.5) is 8.78 Å². The summed E-state index contributed by atoms with van der Waals surface area (Å²) in [5.41, 5.74) is 0.981. The van der Waals surface area contributed by atoms with E-state index < -0.39 is 21.7 Å². The minimum Gasteiger partial charge on any atom is -0.295 e. The molecule has 9 heteroatoms. The molecule has 0 bridgehead atoms. The van der Waals surface area contributed by atoms with Crippen LogP contribution in [0.15, 0.2) is 28.5 Å². The number of thiazole rings is 1. The summed E-state index contributed by atoms with van der Waals surface area (Å²) in [4.78, 5) is 6.32. The van der Waals surface area contributed by atoms with E-state index in [1.807, 2.05) is 12.3 Å². The molecule has 2 aromatic rings. The Morgan fingerprint density at radius 3 is 2.46 bits per heavy atom. The van der Waals surface area contributed by atoms with E-state index in [0.29, 0.717) is 32.7 Å². The van der Waals surface area contributed by atoms with Crippen molar-refractivity contribution in [2.75, 3.05) is 26.2 Å². The van der Waals surface area contributed by atoms with Gasteiger partial charge in [0.25, 0.3) is 0 Å². The summed E-state index contributed by atoms with van der Waals surface area (Å²) in [6, 6.07) is 2.66. The molecule has 2 heterocycles. The Morgan fingerprint density at radius 2 is 1.88 bits per heavy atom. The van der Waals surface area contributed by atoms with Gasteiger partial charge in [0.2, 0.25) is 10.0 Å². The molecular weight excluding hydrogens is 356 g/mol. The summed E-state index contributed by atoms with van der Waals surface area (Å²) in [5.74, 6) is -2.22. The van der Waals surface area contributed by atoms with Gasteiger partial charge in [0, 0.05) is 38.1 Å². The highest BCUT2D eigenvalue weighted by atomic mass is 32.2. The van der Waals surface area contributed by atoms with Crippen molar-refractivity contribution in [3.8, 4) is 0 Å². The maximum absolute atomic E-state index is 13.3. The predicted molar refractivity (Wildman–Crippen MR) is 87.2 cm³/mol. The summed E-state index contributed by atoms with van der Waals surface area (Å²) in [7, 11) is -3.81. The van der Waals surface area contributed by atoms with Crippen LogP contribution in [0.3, 0.4) is 0 Å². The lowest BCUT2D eigenvalue weighted by molar-refractivity contribution is 0.180. The summed E-state index contributed by atoms with van der Waals surface area (Å²) in [6.07, 6.45) is 0. The Hall–Kier alpha value is -1.42. The summed E-state index contributed by atoms with van der Waals surface area (Å²) >= 11 is 1.59. The van der Waals surface area contributed by atoms with Crippen LogP contribution in [0.25, 0.3) is 0 Å². The Labute approximate surface area is 143 Å². The summed E-state index contributed by atoms with van der Waals surface area (Å²) < 4.78 is 52.7. The highest BCUT2D eigenvalue weighted by Crippen LogP contribution is 2.20. The largest absolute Gasteiger partial charge is 0.295 e. The van der Waals surface area contributed by atoms with Crippen molar-refractivity contribution in [3.63, 3.8) is 0 Å². The molecule has 0 N–H and O–H groups in total. The number of rotatable bonds is 4. The highest BCUT2D eigenvalue weighted by Gasteiger charge is 2.29. The second-order valence-electron chi connectivity index (χ2n) is 5.61. The van der Waals surface area contributed by atoms with Gasteiger partial charge in [-0.05, 0) is 25.1 Å². The maximum atomic E-state index is 13.3. The molecule has 1 aromatic carbocycles. The number of benzene rings is 1. The quantitative estimate of drug-likeness (QED) is 0.825. The van der Waals surface area contributed by atoms with E-state index in [4.69, 9.17) is 0 Å². The normalized spacial score (nSPS) is 17.3. The number of aromatic nitrogens is 1. The van der Waals surface area contributed by atoms with Crippen LogP contribution in [0.2, 0.25) is 0 Å². The van der Waals surface area contributed by atoms with Crippen molar-refractivity contribution in [3.05, 3.63) is 45.9 Å². The Bertz CT molecular complexity index is 831. The molecule has 0 spiro atoms. The van der Waals surface area contributed by atoms with E-state index in [-0.39, 0.29) is 4.90 Å². The number of hydrogen-bond acceptors (Lipinski definition) is 5. The van der Waals surface area contributed by atoms with Gasteiger partial charge in [-0.15, -0.1) is 11.3 Å². The second-order valence-corrected chi connectivity index (χ2v) is 8.61. The Balaban J connectivity index is 1.65. The number of hydrogen-bond donors (Lipinski definition) is 0. The first-order chi connectivity index (χ1) is 11.4. The van der Waals surface area contributed by atoms with Gasteiger partial charge in [0.05, 0.1) is 15.6 Å². The van der Waals surface area contributed by atoms with Crippen molar-refractivity contribution in [2.24, 2.45) is 0 Å². The van der Waals surface area contributed by atoms with E-state index in [1.54, 1.807) is 11.3 Å². The van der Waals surface area contributed by atoms with E-state index in [1.165, 1.54) is 4.31 Å². The average molecular weight is 373 g/mol. The summed E-state index contributed by atoms with van der Waals surface area (Å²) in [6.45, 7) is 4.39. The molecule has 0 aliphatic carbocycles. The summed E-state index contributed by atoms with van der Waals surface area (Å²) in [5, 5.41) is 3.00. The first kappa shape index (κ1) is 17.4. The Morgan fingerprint density at radius 1 is 1.17 bits per heavy atom. The number of piperazine rings is 1. The molecule has 24 heavy (non-hydrogen) atoms. The monoisotopic (exact) mass is 373 g/mol. The van der Waals surface area contributed by atoms with Crippen LogP contribution in [-0.2, 0) is 16.6 Å². The van der Waals surface area contributed by atoms with Crippen LogP contribution < -0.4 is 0 Å². The SMILES string of the molecule is Cc1nc(CN2CCN(S(=O)(=O)c3ccc(F)c(F)c3)CC2)cs1. The van der Waals surface area contributed by atoms with Crippen molar-refractivity contribution >= 4 is 21.4 Å². The van der Waals surface area contributed by atoms with Crippen LogP contribution in [0.5, 0.6) is 0 Å². The molecule has 3 rings (SSSR count). The topological polar surface area (TPSA) is 53.5 Å². The zero-order valence-electron chi connectivity index (χ0n) is 13.1. The van der Waals surface area contributed by atoms with Crippen molar-refractivity contribution in [1.82, 2.24) is 14.2 Å². The molecule has 1 aliphatic rings. The van der Waals surface area contributed by atoms with Crippen molar-refractivity contribution in [2.45, 2.75) is 18.4 Å². The molecular formula is C15H17F2N3O2S2. The van der Waals surface area contributed by atoms with Crippen LogP contribution >= 0.6 is 11.3 Å². The molecule has 1 aromatic heterocycles. The highest BCUT2D eigenvalue weighted by molar-refractivity contribution is 7.89. The number of halogens is 2. The number of nitrogens with zero attached hydrogens (tertiary/aromatic N) is 3. The third-order valence-corrected chi connectivity index (χ3v) is 6.63. The fourth-order valence-corrected chi connectivity index (χ4v) is 4.66. The van der Waals surface area contributed by atoms with E-state index in [0.717, 1.165) is 28.9 Å². The molecule has 0 amide bonds. The molecule has 0 radical (unpaired) electrons. The van der Waals surface area contributed by atoms with Gasteiger partial charge < -0.3 is 0 Å². The second kappa shape index (κ2) is 6.83. The fourth-order valence-electron chi connectivity index (χ4n) is 2.62. The minimum absolute atomic E-state index is 0.218. The van der Waals surface area contributed by atoms with Crippen LogP contribution in [-0.4, -0.2) is 48.8 Å². The first-order valence-corrected chi connectivity index (χ1v) is 9.77. The smallest absolute Gasteiger partial charge is 0.243 e. The van der Waals surface area contributed by atoms with Gasteiger partial charge in [-0.25, -0.2) is 22.2 Å².